The molecule has 1 aliphatic carbocycles. The lowest BCUT2D eigenvalue weighted by molar-refractivity contribution is 0.0703. The van der Waals surface area contributed by atoms with Crippen molar-refractivity contribution in [2.75, 3.05) is 11.9 Å². The van der Waals surface area contributed by atoms with Gasteiger partial charge in [-0.1, -0.05) is 60.7 Å². The molecule has 0 bridgehead atoms. The second kappa shape index (κ2) is 8.52. The summed E-state index contributed by atoms with van der Waals surface area (Å²) in [7, 11) is 0. The third-order valence-electron chi connectivity index (χ3n) is 5.64. The van der Waals surface area contributed by atoms with Crippen LogP contribution < -0.4 is 5.32 Å². The fraction of sp³-hybridized carbons (Fsp3) is 0.0769. The maximum atomic E-state index is 13.2. The molecule has 0 fully saturated rings. The fourth-order valence-corrected chi connectivity index (χ4v) is 5.10. The van der Waals surface area contributed by atoms with Crippen molar-refractivity contribution in [2.45, 2.75) is 5.92 Å². The van der Waals surface area contributed by atoms with Crippen LogP contribution >= 0.6 is 11.3 Å². The Kier molecular flexibility index (Phi) is 5.40. The quantitative estimate of drug-likeness (QED) is 0.352. The summed E-state index contributed by atoms with van der Waals surface area (Å²) in [5.41, 5.74) is 5.22. The number of anilines is 1. The van der Waals surface area contributed by atoms with Crippen LogP contribution in [0, 0.1) is 5.82 Å². The molecule has 164 valence electrons. The Balaban J connectivity index is 1.34. The molecule has 1 aliphatic rings. The van der Waals surface area contributed by atoms with E-state index in [4.69, 9.17) is 4.74 Å². The van der Waals surface area contributed by atoms with Crippen molar-refractivity contribution in [1.29, 1.82) is 0 Å². The summed E-state index contributed by atoms with van der Waals surface area (Å²) in [4.78, 5) is 24.9. The molecule has 1 aromatic heterocycles. The van der Waals surface area contributed by atoms with Gasteiger partial charge in [0.2, 0.25) is 0 Å². The van der Waals surface area contributed by atoms with Gasteiger partial charge in [-0.15, -0.1) is 11.3 Å². The minimum atomic E-state index is -1.16. The van der Waals surface area contributed by atoms with Crippen molar-refractivity contribution in [2.24, 2.45) is 0 Å². The van der Waals surface area contributed by atoms with Gasteiger partial charge in [-0.25, -0.2) is 14.0 Å². The van der Waals surface area contributed by atoms with Crippen LogP contribution in [0.15, 0.2) is 78.9 Å². The van der Waals surface area contributed by atoms with E-state index < -0.39 is 12.1 Å². The number of nitrogens with one attached hydrogen (secondary N) is 1. The van der Waals surface area contributed by atoms with Crippen LogP contribution in [-0.4, -0.2) is 23.8 Å². The maximum Gasteiger partial charge on any atom is 0.411 e. The molecule has 2 N–H and O–H groups in total. The zero-order valence-electron chi connectivity index (χ0n) is 17.2. The van der Waals surface area contributed by atoms with Crippen LogP contribution in [0.1, 0.15) is 26.7 Å². The van der Waals surface area contributed by atoms with Crippen LogP contribution in [-0.2, 0) is 4.74 Å². The number of carbonyl (C=O) groups is 2. The Morgan fingerprint density at radius 2 is 1.55 bits per heavy atom. The highest BCUT2D eigenvalue weighted by molar-refractivity contribution is 7.18. The average Bonchev–Trinajstić information content (AvgIpc) is 3.38. The standard InChI is InChI=1S/C26H18FNO4S/c27-16-11-9-15(10-12-16)23-13-22(24(33-23)25(29)30)28-26(31)32-14-21-19-7-3-1-5-17(19)18-6-2-4-8-20(18)21/h1-13,21H,14H2,(H,28,31)(H,29,30). The van der Waals surface area contributed by atoms with Crippen molar-refractivity contribution in [3.8, 4) is 21.6 Å². The number of benzene rings is 3. The highest BCUT2D eigenvalue weighted by atomic mass is 32.1. The number of fused-ring (bicyclic) bond motifs is 3. The molecule has 1 heterocycles. The number of hydrogen-bond donors (Lipinski definition) is 2. The molecular weight excluding hydrogens is 441 g/mol. The minimum absolute atomic E-state index is 0.0252. The molecule has 0 spiro atoms. The van der Waals surface area contributed by atoms with Gasteiger partial charge in [-0.2, -0.15) is 0 Å². The molecule has 0 aliphatic heterocycles. The molecule has 5 nitrogen and oxygen atoms in total. The minimum Gasteiger partial charge on any atom is -0.477 e. The SMILES string of the molecule is O=C(Nc1cc(-c2ccc(F)cc2)sc1C(=O)O)OCC1c2ccccc2-c2ccccc21. The van der Waals surface area contributed by atoms with Crippen molar-refractivity contribution >= 4 is 29.1 Å². The number of carboxylic acids is 1. The molecule has 0 unspecified atom stereocenters. The second-order valence-electron chi connectivity index (χ2n) is 7.62. The molecule has 3 aromatic carbocycles. The van der Waals surface area contributed by atoms with E-state index in [1.807, 2.05) is 36.4 Å². The number of rotatable bonds is 5. The number of ether oxygens (including phenoxy) is 1. The predicted octanol–water partition coefficient (Wildman–Crippen LogP) is 6.61. The number of aromatic carboxylic acids is 1. The highest BCUT2D eigenvalue weighted by Crippen LogP contribution is 2.44. The third kappa shape index (κ3) is 3.99. The van der Waals surface area contributed by atoms with Gasteiger partial charge in [-0.3, -0.25) is 5.32 Å². The number of carbonyl (C=O) groups excluding carboxylic acids is 1. The van der Waals surface area contributed by atoms with E-state index in [1.54, 1.807) is 18.2 Å². The first-order valence-electron chi connectivity index (χ1n) is 10.3. The Morgan fingerprint density at radius 1 is 0.939 bits per heavy atom. The zero-order valence-corrected chi connectivity index (χ0v) is 18.1. The monoisotopic (exact) mass is 459 g/mol. The summed E-state index contributed by atoms with van der Waals surface area (Å²) in [6, 6.07) is 23.3. The predicted molar refractivity (Wildman–Crippen MR) is 125 cm³/mol. The lowest BCUT2D eigenvalue weighted by atomic mass is 9.98. The van der Waals surface area contributed by atoms with Crippen LogP contribution in [0.5, 0.6) is 0 Å². The largest absolute Gasteiger partial charge is 0.477 e. The van der Waals surface area contributed by atoms with Crippen LogP contribution in [0.3, 0.4) is 0 Å². The van der Waals surface area contributed by atoms with Gasteiger partial charge in [0.05, 0.1) is 5.69 Å². The van der Waals surface area contributed by atoms with Crippen molar-refractivity contribution < 1.29 is 23.8 Å². The number of amides is 1. The maximum absolute atomic E-state index is 13.2. The van der Waals surface area contributed by atoms with Gasteiger partial charge in [0.1, 0.15) is 17.3 Å². The van der Waals surface area contributed by atoms with E-state index in [9.17, 15) is 19.1 Å². The van der Waals surface area contributed by atoms with Gasteiger partial charge >= 0.3 is 12.1 Å². The van der Waals surface area contributed by atoms with Gasteiger partial charge in [-0.05, 0) is 46.0 Å². The third-order valence-corrected chi connectivity index (χ3v) is 6.81. The van der Waals surface area contributed by atoms with E-state index in [0.717, 1.165) is 33.6 Å². The van der Waals surface area contributed by atoms with Gasteiger partial charge in [0, 0.05) is 10.8 Å². The Labute approximate surface area is 193 Å². The van der Waals surface area contributed by atoms with Crippen molar-refractivity contribution in [1.82, 2.24) is 0 Å². The first-order chi connectivity index (χ1) is 16.0. The fourth-order valence-electron chi connectivity index (χ4n) is 4.14. The molecule has 0 atom stereocenters. The first kappa shape index (κ1) is 20.9. The number of halogens is 1. The smallest absolute Gasteiger partial charge is 0.411 e. The molecule has 7 heteroatoms. The summed E-state index contributed by atoms with van der Waals surface area (Å²) in [5.74, 6) is -1.65. The summed E-state index contributed by atoms with van der Waals surface area (Å²) in [6.07, 6.45) is -0.734. The van der Waals surface area contributed by atoms with Crippen LogP contribution in [0.25, 0.3) is 21.6 Å². The highest BCUT2D eigenvalue weighted by Gasteiger charge is 2.29. The Bertz CT molecular complexity index is 1320. The van der Waals surface area contributed by atoms with Gasteiger partial charge in [0.25, 0.3) is 0 Å². The second-order valence-corrected chi connectivity index (χ2v) is 8.67. The average molecular weight is 459 g/mol. The van der Waals surface area contributed by atoms with E-state index in [1.165, 1.54) is 12.1 Å². The number of carboxylic acid groups (broad SMARTS) is 1. The summed E-state index contributed by atoms with van der Waals surface area (Å²) >= 11 is 1.00. The molecule has 33 heavy (non-hydrogen) atoms. The molecule has 0 saturated carbocycles. The molecule has 5 rings (SSSR count). The normalized spacial score (nSPS) is 12.2. The molecule has 4 aromatic rings. The van der Waals surface area contributed by atoms with Gasteiger partial charge in [0.15, 0.2) is 0 Å². The summed E-state index contributed by atoms with van der Waals surface area (Å²) in [5, 5.41) is 12.1. The van der Waals surface area contributed by atoms with Crippen molar-refractivity contribution in [3.05, 3.63) is 101 Å². The van der Waals surface area contributed by atoms with Gasteiger partial charge < -0.3 is 9.84 Å². The van der Waals surface area contributed by atoms with E-state index in [-0.39, 0.29) is 28.9 Å². The number of thiophene rings is 1. The summed E-state index contributed by atoms with van der Waals surface area (Å²) < 4.78 is 18.7. The first-order valence-corrected chi connectivity index (χ1v) is 11.1. The Hall–Kier alpha value is -3.97. The topological polar surface area (TPSA) is 75.6 Å². The van der Waals surface area contributed by atoms with Crippen LogP contribution in [0.2, 0.25) is 0 Å². The van der Waals surface area contributed by atoms with Crippen molar-refractivity contribution in [3.63, 3.8) is 0 Å². The summed E-state index contributed by atoms with van der Waals surface area (Å²) in [6.45, 7) is 0.122. The molecule has 0 saturated heterocycles. The zero-order chi connectivity index (χ0) is 22.9. The lowest BCUT2D eigenvalue weighted by Crippen LogP contribution is -2.18. The lowest BCUT2D eigenvalue weighted by Gasteiger charge is -2.14. The van der Waals surface area contributed by atoms with E-state index in [0.29, 0.717) is 10.4 Å². The van der Waals surface area contributed by atoms with E-state index >= 15 is 0 Å². The number of hydrogen-bond acceptors (Lipinski definition) is 4. The van der Waals surface area contributed by atoms with Crippen LogP contribution in [0.4, 0.5) is 14.9 Å². The molecule has 0 radical (unpaired) electrons. The Morgan fingerprint density at radius 3 is 2.15 bits per heavy atom. The molecular formula is C26H18FNO4S. The van der Waals surface area contributed by atoms with E-state index in [2.05, 4.69) is 17.4 Å². The molecule has 1 amide bonds.